The van der Waals surface area contributed by atoms with Crippen molar-refractivity contribution in [1.29, 1.82) is 0 Å². The predicted octanol–water partition coefficient (Wildman–Crippen LogP) is 2.98. The Morgan fingerprint density at radius 1 is 1.60 bits per heavy atom. The van der Waals surface area contributed by atoms with Gasteiger partial charge in [-0.2, -0.15) is 0 Å². The van der Waals surface area contributed by atoms with Gasteiger partial charge >= 0.3 is 0 Å². The van der Waals surface area contributed by atoms with Crippen molar-refractivity contribution in [2.75, 3.05) is 0 Å². The van der Waals surface area contributed by atoms with Gasteiger partial charge in [0.2, 0.25) is 0 Å². The molecule has 2 aromatic heterocycles. The monoisotopic (exact) mass is 219 g/mol. The highest BCUT2D eigenvalue weighted by molar-refractivity contribution is 7.71. The number of H-pyrrole nitrogens is 1. The fourth-order valence-corrected chi connectivity index (χ4v) is 1.80. The normalized spacial score (nSPS) is 10.8. The first-order valence-corrected chi connectivity index (χ1v) is 5.19. The molecule has 0 aliphatic rings. The van der Waals surface area contributed by atoms with E-state index in [1.54, 1.807) is 0 Å². The first-order valence-electron chi connectivity index (χ1n) is 4.78. The van der Waals surface area contributed by atoms with E-state index in [1.807, 2.05) is 30.5 Å². The van der Waals surface area contributed by atoms with Crippen LogP contribution in [0.3, 0.4) is 0 Å². The quantitative estimate of drug-likeness (QED) is 0.622. The van der Waals surface area contributed by atoms with E-state index in [0.29, 0.717) is 4.77 Å². The molecule has 78 valence electrons. The first kappa shape index (κ1) is 10.1. The molecule has 2 aromatic rings. The van der Waals surface area contributed by atoms with Gasteiger partial charge in [0, 0.05) is 12.2 Å². The average molecular weight is 219 g/mol. The molecule has 1 N–H and O–H groups in total. The summed E-state index contributed by atoms with van der Waals surface area (Å²) >= 11 is 5.24. The third-order valence-corrected chi connectivity index (χ3v) is 2.51. The van der Waals surface area contributed by atoms with Gasteiger partial charge in [0.1, 0.15) is 0 Å². The zero-order valence-corrected chi connectivity index (χ0v) is 9.69. The molecule has 3 nitrogen and oxygen atoms in total. The number of nitrogens with zero attached hydrogens (tertiary/aromatic N) is 2. The van der Waals surface area contributed by atoms with Gasteiger partial charge in [-0.1, -0.05) is 12.2 Å². The maximum absolute atomic E-state index is 5.24. The molecule has 0 aromatic carbocycles. The number of aromatic nitrogens is 3. The number of nitrogens with one attached hydrogen (secondary N) is 1. The molecule has 0 aliphatic carbocycles. The molecule has 0 fully saturated rings. The highest BCUT2D eigenvalue weighted by atomic mass is 32.1. The van der Waals surface area contributed by atoms with Crippen molar-refractivity contribution >= 4 is 23.4 Å². The summed E-state index contributed by atoms with van der Waals surface area (Å²) < 4.78 is 2.67. The van der Waals surface area contributed by atoms with Crippen molar-refractivity contribution in [3.63, 3.8) is 0 Å². The van der Waals surface area contributed by atoms with E-state index in [4.69, 9.17) is 12.2 Å². The zero-order chi connectivity index (χ0) is 11.0. The number of fused-ring (bicyclic) bond motifs is 1. The molecule has 0 amide bonds. The number of imidazole rings is 1. The maximum Gasteiger partial charge on any atom is 0.179 e. The van der Waals surface area contributed by atoms with Crippen LogP contribution in [-0.2, 0) is 6.54 Å². The van der Waals surface area contributed by atoms with Crippen LogP contribution in [0.15, 0.2) is 24.3 Å². The largest absolute Gasteiger partial charge is 0.329 e. The fraction of sp³-hybridized carbons (Fsp3) is 0.273. The Hall–Kier alpha value is -1.42. The van der Waals surface area contributed by atoms with E-state index in [-0.39, 0.29) is 0 Å². The summed E-state index contributed by atoms with van der Waals surface area (Å²) in [6.07, 6.45) is 0. The molecule has 0 bridgehead atoms. The Morgan fingerprint density at radius 3 is 3.00 bits per heavy atom. The van der Waals surface area contributed by atoms with Gasteiger partial charge in [0.05, 0.1) is 5.52 Å². The number of pyridine rings is 1. The summed E-state index contributed by atoms with van der Waals surface area (Å²) in [6.45, 7) is 8.56. The second kappa shape index (κ2) is 3.62. The lowest BCUT2D eigenvalue weighted by atomic mass is 10.3. The zero-order valence-electron chi connectivity index (χ0n) is 8.87. The Balaban J connectivity index is 2.70. The lowest BCUT2D eigenvalue weighted by Crippen LogP contribution is -2.00. The molecular weight excluding hydrogens is 206 g/mol. The van der Waals surface area contributed by atoms with Gasteiger partial charge in [0.15, 0.2) is 10.4 Å². The van der Waals surface area contributed by atoms with Gasteiger partial charge in [-0.3, -0.25) is 4.57 Å². The van der Waals surface area contributed by atoms with Crippen LogP contribution in [0.2, 0.25) is 0 Å². The Bertz CT molecular complexity index is 577. The van der Waals surface area contributed by atoms with Gasteiger partial charge in [-0.15, -0.1) is 0 Å². The number of hydrogen-bond acceptors (Lipinski definition) is 2. The average Bonchev–Trinajstić information content (AvgIpc) is 2.43. The summed E-state index contributed by atoms with van der Waals surface area (Å²) in [6, 6.07) is 3.97. The van der Waals surface area contributed by atoms with E-state index >= 15 is 0 Å². The van der Waals surface area contributed by atoms with Crippen molar-refractivity contribution in [1.82, 2.24) is 14.5 Å². The van der Waals surface area contributed by atoms with E-state index in [9.17, 15) is 0 Å². The molecule has 0 saturated carbocycles. The number of aromatic amines is 1. The van der Waals surface area contributed by atoms with Crippen molar-refractivity contribution in [2.24, 2.45) is 0 Å². The minimum atomic E-state index is 0.700. The van der Waals surface area contributed by atoms with E-state index in [1.165, 1.54) is 0 Å². The highest BCUT2D eigenvalue weighted by Crippen LogP contribution is 2.13. The van der Waals surface area contributed by atoms with Crippen LogP contribution in [0.5, 0.6) is 0 Å². The van der Waals surface area contributed by atoms with E-state index < -0.39 is 0 Å². The fourth-order valence-electron chi connectivity index (χ4n) is 1.54. The maximum atomic E-state index is 5.24. The molecule has 2 heterocycles. The molecule has 0 aliphatic heterocycles. The van der Waals surface area contributed by atoms with Crippen LogP contribution in [0.1, 0.15) is 12.6 Å². The Labute approximate surface area is 93.5 Å². The van der Waals surface area contributed by atoms with Gasteiger partial charge in [-0.05, 0) is 38.2 Å². The van der Waals surface area contributed by atoms with Crippen LogP contribution < -0.4 is 0 Å². The standard InChI is InChI=1S/C11H13N3S/c1-7(2)6-14-10-9(13-11(14)15)5-4-8(3)12-10/h4-5H,1,6H2,2-3H3,(H,13,15). The Morgan fingerprint density at radius 2 is 2.33 bits per heavy atom. The van der Waals surface area contributed by atoms with E-state index in [0.717, 1.165) is 29.0 Å². The highest BCUT2D eigenvalue weighted by Gasteiger charge is 2.05. The van der Waals surface area contributed by atoms with Crippen LogP contribution in [-0.4, -0.2) is 14.5 Å². The molecule has 0 saturated heterocycles. The topological polar surface area (TPSA) is 33.6 Å². The number of aryl methyl sites for hydroxylation is 1. The second-order valence-corrected chi connectivity index (χ2v) is 4.18. The molecule has 2 rings (SSSR count). The minimum absolute atomic E-state index is 0.700. The van der Waals surface area contributed by atoms with Crippen LogP contribution in [0, 0.1) is 11.7 Å². The summed E-state index contributed by atoms with van der Waals surface area (Å²) in [5.74, 6) is 0. The van der Waals surface area contributed by atoms with Crippen LogP contribution in [0.25, 0.3) is 11.2 Å². The molecular formula is C11H13N3S. The molecule has 4 heteroatoms. The summed E-state index contributed by atoms with van der Waals surface area (Å²) in [5.41, 5.74) is 3.94. The van der Waals surface area contributed by atoms with Crippen LogP contribution in [0.4, 0.5) is 0 Å². The summed E-state index contributed by atoms with van der Waals surface area (Å²) in [7, 11) is 0. The van der Waals surface area contributed by atoms with Gasteiger partial charge < -0.3 is 4.98 Å². The first-order chi connectivity index (χ1) is 7.08. The lowest BCUT2D eigenvalue weighted by molar-refractivity contribution is 0.787. The number of allylic oxidation sites excluding steroid dienone is 1. The van der Waals surface area contributed by atoms with E-state index in [2.05, 4.69) is 16.5 Å². The SMILES string of the molecule is C=C(C)Cn1c(=S)[nH]c2ccc(C)nc21. The second-order valence-electron chi connectivity index (χ2n) is 3.80. The third-order valence-electron chi connectivity index (χ3n) is 2.18. The third kappa shape index (κ3) is 1.85. The van der Waals surface area contributed by atoms with Crippen molar-refractivity contribution in [3.05, 3.63) is 34.7 Å². The van der Waals surface area contributed by atoms with Crippen molar-refractivity contribution in [2.45, 2.75) is 20.4 Å². The van der Waals surface area contributed by atoms with Crippen molar-refractivity contribution < 1.29 is 0 Å². The molecule has 0 atom stereocenters. The van der Waals surface area contributed by atoms with Crippen LogP contribution >= 0.6 is 12.2 Å². The summed E-state index contributed by atoms with van der Waals surface area (Å²) in [4.78, 5) is 7.61. The number of hydrogen-bond donors (Lipinski definition) is 1. The Kier molecular flexibility index (Phi) is 2.44. The molecule has 15 heavy (non-hydrogen) atoms. The molecule has 0 spiro atoms. The molecule has 0 unspecified atom stereocenters. The smallest absolute Gasteiger partial charge is 0.179 e. The number of rotatable bonds is 2. The molecule has 0 radical (unpaired) electrons. The van der Waals surface area contributed by atoms with Gasteiger partial charge in [0.25, 0.3) is 0 Å². The lowest BCUT2D eigenvalue weighted by Gasteiger charge is -2.02. The summed E-state index contributed by atoms with van der Waals surface area (Å²) in [5, 5.41) is 0. The van der Waals surface area contributed by atoms with Crippen molar-refractivity contribution in [3.8, 4) is 0 Å². The predicted molar refractivity (Wildman–Crippen MR) is 64.5 cm³/mol. The van der Waals surface area contributed by atoms with Gasteiger partial charge in [-0.25, -0.2) is 4.98 Å². The minimum Gasteiger partial charge on any atom is -0.329 e.